The van der Waals surface area contributed by atoms with Crippen LogP contribution in [0.5, 0.6) is 0 Å². The summed E-state index contributed by atoms with van der Waals surface area (Å²) >= 11 is 0. The Morgan fingerprint density at radius 1 is 1.44 bits per heavy atom. The second kappa shape index (κ2) is 5.69. The molecular formula is C13H24N2O3. The molecule has 1 aliphatic rings. The van der Waals surface area contributed by atoms with Crippen molar-refractivity contribution in [2.24, 2.45) is 11.7 Å². The van der Waals surface area contributed by atoms with E-state index in [0.717, 1.165) is 12.8 Å². The molecule has 2 unspecified atom stereocenters. The largest absolute Gasteiger partial charge is 0.480 e. The van der Waals surface area contributed by atoms with Crippen LogP contribution in [0.4, 0.5) is 0 Å². The first kappa shape index (κ1) is 15.0. The Hall–Kier alpha value is -1.10. The molecule has 18 heavy (non-hydrogen) atoms. The lowest BCUT2D eigenvalue weighted by molar-refractivity contribution is -0.153. The SMILES string of the molecule is CCC1CCN(C(=O)CC(C)(C)N)C(C(=O)O)C1. The van der Waals surface area contributed by atoms with Gasteiger partial charge >= 0.3 is 5.97 Å². The molecular weight excluding hydrogens is 232 g/mol. The fraction of sp³-hybridized carbons (Fsp3) is 0.846. The molecule has 5 nitrogen and oxygen atoms in total. The normalized spacial score (nSPS) is 25.0. The number of likely N-dealkylation sites (tertiary alicyclic amines) is 1. The first-order valence-corrected chi connectivity index (χ1v) is 6.55. The molecule has 0 radical (unpaired) electrons. The van der Waals surface area contributed by atoms with Gasteiger partial charge in [-0.3, -0.25) is 4.79 Å². The monoisotopic (exact) mass is 256 g/mol. The lowest BCUT2D eigenvalue weighted by Crippen LogP contribution is -2.52. The van der Waals surface area contributed by atoms with Gasteiger partial charge in [0.15, 0.2) is 0 Å². The molecule has 0 aliphatic carbocycles. The number of aliphatic carboxylic acids is 1. The summed E-state index contributed by atoms with van der Waals surface area (Å²) in [5.74, 6) is -0.651. The second-order valence-electron chi connectivity index (χ2n) is 5.91. The first-order chi connectivity index (χ1) is 8.24. The van der Waals surface area contributed by atoms with Gasteiger partial charge in [0.1, 0.15) is 6.04 Å². The predicted octanol–water partition coefficient (Wildman–Crippen LogP) is 1.22. The molecule has 104 valence electrons. The summed E-state index contributed by atoms with van der Waals surface area (Å²) in [6.45, 7) is 6.15. The highest BCUT2D eigenvalue weighted by Gasteiger charge is 2.36. The Bertz CT molecular complexity index is 323. The average Bonchev–Trinajstić information content (AvgIpc) is 2.25. The lowest BCUT2D eigenvalue weighted by Gasteiger charge is -2.38. The maximum Gasteiger partial charge on any atom is 0.326 e. The maximum absolute atomic E-state index is 12.1. The lowest BCUT2D eigenvalue weighted by atomic mass is 9.88. The second-order valence-corrected chi connectivity index (χ2v) is 5.91. The molecule has 5 heteroatoms. The molecule has 0 spiro atoms. The number of nitrogens with zero attached hydrogens (tertiary/aromatic N) is 1. The van der Waals surface area contributed by atoms with Gasteiger partial charge in [-0.15, -0.1) is 0 Å². The van der Waals surface area contributed by atoms with Crippen molar-refractivity contribution in [2.45, 2.75) is 58.0 Å². The predicted molar refractivity (Wildman–Crippen MR) is 69.0 cm³/mol. The summed E-state index contributed by atoms with van der Waals surface area (Å²) in [6, 6.07) is -0.682. The molecule has 2 atom stereocenters. The van der Waals surface area contributed by atoms with E-state index in [2.05, 4.69) is 6.92 Å². The van der Waals surface area contributed by atoms with Crippen LogP contribution in [0, 0.1) is 5.92 Å². The van der Waals surface area contributed by atoms with Gasteiger partial charge in [0, 0.05) is 18.5 Å². The van der Waals surface area contributed by atoms with E-state index >= 15 is 0 Å². The zero-order valence-corrected chi connectivity index (χ0v) is 11.5. The minimum atomic E-state index is -0.906. The third-order valence-corrected chi connectivity index (χ3v) is 3.50. The van der Waals surface area contributed by atoms with Crippen molar-refractivity contribution in [2.75, 3.05) is 6.54 Å². The highest BCUT2D eigenvalue weighted by molar-refractivity contribution is 5.84. The van der Waals surface area contributed by atoms with Crippen molar-refractivity contribution >= 4 is 11.9 Å². The summed E-state index contributed by atoms with van der Waals surface area (Å²) in [6.07, 6.45) is 2.60. The van der Waals surface area contributed by atoms with E-state index in [4.69, 9.17) is 5.73 Å². The fourth-order valence-corrected chi connectivity index (χ4v) is 2.43. The third kappa shape index (κ3) is 3.98. The molecule has 1 fully saturated rings. The van der Waals surface area contributed by atoms with Crippen molar-refractivity contribution < 1.29 is 14.7 Å². The van der Waals surface area contributed by atoms with E-state index in [9.17, 15) is 14.7 Å². The maximum atomic E-state index is 12.1. The van der Waals surface area contributed by atoms with Crippen molar-refractivity contribution in [3.63, 3.8) is 0 Å². The number of nitrogens with two attached hydrogens (primary N) is 1. The summed E-state index contributed by atoms with van der Waals surface area (Å²) in [7, 11) is 0. The number of piperidine rings is 1. The third-order valence-electron chi connectivity index (χ3n) is 3.50. The van der Waals surface area contributed by atoms with Crippen molar-refractivity contribution in [1.82, 2.24) is 4.90 Å². The van der Waals surface area contributed by atoms with Gasteiger partial charge in [-0.1, -0.05) is 13.3 Å². The number of hydrogen-bond donors (Lipinski definition) is 2. The van der Waals surface area contributed by atoms with Crippen LogP contribution in [0.25, 0.3) is 0 Å². The number of carbonyl (C=O) groups excluding carboxylic acids is 1. The molecule has 0 bridgehead atoms. The first-order valence-electron chi connectivity index (χ1n) is 6.55. The standard InChI is InChI=1S/C13H24N2O3/c1-4-9-5-6-15(10(7-9)12(17)18)11(16)8-13(2,3)14/h9-10H,4-8,14H2,1-3H3,(H,17,18). The van der Waals surface area contributed by atoms with Crippen LogP contribution < -0.4 is 5.73 Å². The molecule has 0 saturated carbocycles. The van der Waals surface area contributed by atoms with Gasteiger partial charge in [-0.25, -0.2) is 4.79 Å². The summed E-state index contributed by atoms with van der Waals surface area (Å²) in [4.78, 5) is 24.9. The van der Waals surface area contributed by atoms with Crippen LogP contribution in [0.2, 0.25) is 0 Å². The summed E-state index contributed by atoms with van der Waals surface area (Å²) in [5.41, 5.74) is 5.23. The average molecular weight is 256 g/mol. The molecule has 3 N–H and O–H groups in total. The highest BCUT2D eigenvalue weighted by Crippen LogP contribution is 2.26. The van der Waals surface area contributed by atoms with Crippen molar-refractivity contribution in [3.05, 3.63) is 0 Å². The topological polar surface area (TPSA) is 83.6 Å². The number of amides is 1. The zero-order valence-electron chi connectivity index (χ0n) is 11.5. The molecule has 1 aliphatic heterocycles. The van der Waals surface area contributed by atoms with E-state index in [1.807, 2.05) is 0 Å². The Kier molecular flexibility index (Phi) is 4.73. The van der Waals surface area contributed by atoms with Crippen LogP contribution in [-0.4, -0.2) is 40.0 Å². The van der Waals surface area contributed by atoms with Crippen molar-refractivity contribution in [3.8, 4) is 0 Å². The molecule has 0 aromatic rings. The molecule has 0 aromatic heterocycles. The van der Waals surface area contributed by atoms with Gasteiger partial charge in [-0.05, 0) is 32.6 Å². The Morgan fingerprint density at radius 3 is 2.50 bits per heavy atom. The van der Waals surface area contributed by atoms with E-state index in [-0.39, 0.29) is 12.3 Å². The number of hydrogen-bond acceptors (Lipinski definition) is 3. The highest BCUT2D eigenvalue weighted by atomic mass is 16.4. The molecule has 1 heterocycles. The van der Waals surface area contributed by atoms with E-state index < -0.39 is 17.6 Å². The van der Waals surface area contributed by atoms with Gasteiger partial charge in [0.2, 0.25) is 5.91 Å². The van der Waals surface area contributed by atoms with Crippen LogP contribution >= 0.6 is 0 Å². The zero-order chi connectivity index (χ0) is 13.9. The molecule has 1 amide bonds. The van der Waals surface area contributed by atoms with Crippen LogP contribution in [0.3, 0.4) is 0 Å². The minimum absolute atomic E-state index is 0.149. The minimum Gasteiger partial charge on any atom is -0.480 e. The van der Waals surface area contributed by atoms with Gasteiger partial charge in [0.05, 0.1) is 0 Å². The summed E-state index contributed by atoms with van der Waals surface area (Å²) < 4.78 is 0. The summed E-state index contributed by atoms with van der Waals surface area (Å²) in [5, 5.41) is 9.24. The van der Waals surface area contributed by atoms with Crippen LogP contribution in [-0.2, 0) is 9.59 Å². The van der Waals surface area contributed by atoms with E-state index in [1.165, 1.54) is 4.90 Å². The van der Waals surface area contributed by atoms with Crippen molar-refractivity contribution in [1.29, 1.82) is 0 Å². The Morgan fingerprint density at radius 2 is 2.06 bits per heavy atom. The molecule has 1 rings (SSSR count). The Labute approximate surface area is 108 Å². The number of carboxylic acid groups (broad SMARTS) is 1. The quantitative estimate of drug-likeness (QED) is 0.792. The Balaban J connectivity index is 2.74. The fourth-order valence-electron chi connectivity index (χ4n) is 2.43. The van der Waals surface area contributed by atoms with Crippen LogP contribution in [0.1, 0.15) is 46.5 Å². The van der Waals surface area contributed by atoms with Gasteiger partial charge in [-0.2, -0.15) is 0 Å². The van der Waals surface area contributed by atoms with E-state index in [0.29, 0.717) is 18.9 Å². The number of carboxylic acids is 1. The molecule has 0 aromatic carbocycles. The van der Waals surface area contributed by atoms with Gasteiger partial charge in [0.25, 0.3) is 0 Å². The van der Waals surface area contributed by atoms with E-state index in [1.54, 1.807) is 13.8 Å². The number of carbonyl (C=O) groups is 2. The smallest absolute Gasteiger partial charge is 0.326 e. The number of rotatable bonds is 4. The van der Waals surface area contributed by atoms with Crippen LogP contribution in [0.15, 0.2) is 0 Å². The molecule has 1 saturated heterocycles. The van der Waals surface area contributed by atoms with Gasteiger partial charge < -0.3 is 15.7 Å².